The van der Waals surface area contributed by atoms with Gasteiger partial charge in [0.05, 0.1) is 0 Å². The van der Waals surface area contributed by atoms with Crippen LogP contribution in [-0.2, 0) is 13.5 Å². The Hall–Kier alpha value is -2.11. The van der Waals surface area contributed by atoms with Crippen molar-refractivity contribution in [2.24, 2.45) is 7.05 Å². The molecule has 2 heterocycles. The molecule has 0 atom stereocenters. The number of nitrogens with zero attached hydrogens (tertiary/aromatic N) is 4. The van der Waals surface area contributed by atoms with Crippen LogP contribution in [0.4, 0.5) is 0 Å². The van der Waals surface area contributed by atoms with E-state index < -0.39 is 0 Å². The molecule has 1 saturated carbocycles. The van der Waals surface area contributed by atoms with E-state index in [0.29, 0.717) is 18.4 Å². The van der Waals surface area contributed by atoms with Crippen LogP contribution in [-0.4, -0.2) is 31.6 Å². The molecule has 0 spiro atoms. The highest BCUT2D eigenvalue weighted by atomic mass is 16.2. The first-order chi connectivity index (χ1) is 10.2. The SMILES string of the molecule is Cc1cnc(CCNC(=O)c2nccn2C)n1C1CCC1. The Morgan fingerprint density at radius 2 is 2.24 bits per heavy atom. The maximum atomic E-state index is 12.0. The molecule has 1 aliphatic carbocycles. The number of aromatic nitrogens is 4. The van der Waals surface area contributed by atoms with Crippen LogP contribution in [0.2, 0.25) is 0 Å². The first-order valence-corrected chi connectivity index (χ1v) is 7.45. The fourth-order valence-corrected chi connectivity index (χ4v) is 2.78. The monoisotopic (exact) mass is 287 g/mol. The molecule has 1 amide bonds. The first kappa shape index (κ1) is 13.9. The molecule has 0 aliphatic heterocycles. The van der Waals surface area contributed by atoms with Crippen LogP contribution in [0.25, 0.3) is 0 Å². The Labute approximate surface area is 124 Å². The molecule has 0 radical (unpaired) electrons. The van der Waals surface area contributed by atoms with Crippen LogP contribution in [0.1, 0.15) is 47.4 Å². The van der Waals surface area contributed by atoms with Crippen molar-refractivity contribution in [3.05, 3.63) is 35.9 Å². The van der Waals surface area contributed by atoms with Crippen molar-refractivity contribution in [3.63, 3.8) is 0 Å². The lowest BCUT2D eigenvalue weighted by Crippen LogP contribution is -2.29. The highest BCUT2D eigenvalue weighted by molar-refractivity contribution is 5.90. The maximum Gasteiger partial charge on any atom is 0.287 e. The molecule has 2 aromatic heterocycles. The number of aryl methyl sites for hydroxylation is 2. The van der Waals surface area contributed by atoms with Gasteiger partial charge in [-0.3, -0.25) is 4.79 Å². The smallest absolute Gasteiger partial charge is 0.287 e. The predicted octanol–water partition coefficient (Wildman–Crippen LogP) is 1.62. The molecule has 3 rings (SSSR count). The highest BCUT2D eigenvalue weighted by Gasteiger charge is 2.23. The minimum absolute atomic E-state index is 0.138. The van der Waals surface area contributed by atoms with Crippen LogP contribution < -0.4 is 5.32 Å². The third kappa shape index (κ3) is 2.70. The van der Waals surface area contributed by atoms with Crippen molar-refractivity contribution in [1.82, 2.24) is 24.4 Å². The van der Waals surface area contributed by atoms with Crippen LogP contribution in [0.15, 0.2) is 18.6 Å². The second-order valence-corrected chi connectivity index (χ2v) is 5.64. The Morgan fingerprint density at radius 1 is 1.43 bits per heavy atom. The molecule has 21 heavy (non-hydrogen) atoms. The molecule has 2 aromatic rings. The summed E-state index contributed by atoms with van der Waals surface area (Å²) in [5, 5.41) is 2.91. The largest absolute Gasteiger partial charge is 0.349 e. The first-order valence-electron chi connectivity index (χ1n) is 7.45. The van der Waals surface area contributed by atoms with Crippen molar-refractivity contribution in [1.29, 1.82) is 0 Å². The third-order valence-corrected chi connectivity index (χ3v) is 4.16. The van der Waals surface area contributed by atoms with Crippen molar-refractivity contribution in [2.45, 2.75) is 38.6 Å². The van der Waals surface area contributed by atoms with E-state index in [2.05, 4.69) is 26.8 Å². The second kappa shape index (κ2) is 5.71. The normalized spacial score (nSPS) is 15.0. The van der Waals surface area contributed by atoms with Gasteiger partial charge in [-0.05, 0) is 26.2 Å². The van der Waals surface area contributed by atoms with Gasteiger partial charge in [-0.25, -0.2) is 9.97 Å². The summed E-state index contributed by atoms with van der Waals surface area (Å²) < 4.78 is 4.05. The number of carbonyl (C=O) groups is 1. The van der Waals surface area contributed by atoms with Crippen molar-refractivity contribution < 1.29 is 4.79 Å². The van der Waals surface area contributed by atoms with Crippen LogP contribution in [0.3, 0.4) is 0 Å². The van der Waals surface area contributed by atoms with Gasteiger partial charge >= 0.3 is 0 Å². The summed E-state index contributed by atoms with van der Waals surface area (Å²) in [6.45, 7) is 2.68. The van der Waals surface area contributed by atoms with E-state index in [0.717, 1.165) is 12.2 Å². The lowest BCUT2D eigenvalue weighted by molar-refractivity contribution is 0.0940. The van der Waals surface area contributed by atoms with Crippen molar-refractivity contribution in [2.75, 3.05) is 6.54 Å². The summed E-state index contributed by atoms with van der Waals surface area (Å²) >= 11 is 0. The van der Waals surface area contributed by atoms with Gasteiger partial charge in [0.1, 0.15) is 5.82 Å². The number of carbonyl (C=O) groups excluding carboxylic acids is 1. The van der Waals surface area contributed by atoms with Crippen LogP contribution in [0.5, 0.6) is 0 Å². The molecule has 0 unspecified atom stereocenters. The van der Waals surface area contributed by atoms with Gasteiger partial charge in [0.15, 0.2) is 5.82 Å². The van der Waals surface area contributed by atoms with Gasteiger partial charge in [-0.15, -0.1) is 0 Å². The molecule has 1 N–H and O–H groups in total. The molecule has 1 fully saturated rings. The van der Waals surface area contributed by atoms with Crippen molar-refractivity contribution in [3.8, 4) is 0 Å². The fraction of sp³-hybridized carbons (Fsp3) is 0.533. The summed E-state index contributed by atoms with van der Waals surface area (Å²) in [4.78, 5) is 20.5. The predicted molar refractivity (Wildman–Crippen MR) is 79.1 cm³/mol. The second-order valence-electron chi connectivity index (χ2n) is 5.64. The summed E-state index contributed by atoms with van der Waals surface area (Å²) in [7, 11) is 1.81. The zero-order valence-corrected chi connectivity index (χ0v) is 12.5. The summed E-state index contributed by atoms with van der Waals surface area (Å²) in [6, 6.07) is 0.604. The number of rotatable bonds is 5. The minimum atomic E-state index is -0.138. The van der Waals surface area contributed by atoms with Crippen molar-refractivity contribution >= 4 is 5.91 Å². The Morgan fingerprint density at radius 3 is 2.86 bits per heavy atom. The molecule has 0 bridgehead atoms. The van der Waals surface area contributed by atoms with E-state index in [1.54, 1.807) is 17.0 Å². The van der Waals surface area contributed by atoms with Gasteiger partial charge in [0.25, 0.3) is 5.91 Å². The zero-order chi connectivity index (χ0) is 14.8. The topological polar surface area (TPSA) is 64.7 Å². The maximum absolute atomic E-state index is 12.0. The zero-order valence-electron chi connectivity index (χ0n) is 12.5. The summed E-state index contributed by atoms with van der Waals surface area (Å²) in [5.41, 5.74) is 1.21. The average Bonchev–Trinajstić information content (AvgIpc) is 2.97. The number of hydrogen-bond acceptors (Lipinski definition) is 3. The van der Waals surface area contributed by atoms with Crippen LogP contribution in [0, 0.1) is 6.92 Å². The van der Waals surface area contributed by atoms with E-state index in [1.165, 1.54) is 25.0 Å². The Balaban J connectivity index is 1.58. The average molecular weight is 287 g/mol. The summed E-state index contributed by atoms with van der Waals surface area (Å²) in [5.74, 6) is 1.37. The van der Waals surface area contributed by atoms with E-state index in [9.17, 15) is 4.79 Å². The van der Waals surface area contributed by atoms with E-state index in [4.69, 9.17) is 0 Å². The van der Waals surface area contributed by atoms with Gasteiger partial charge in [0, 0.05) is 50.3 Å². The number of nitrogens with one attached hydrogen (secondary N) is 1. The van der Waals surface area contributed by atoms with E-state index in [-0.39, 0.29) is 5.91 Å². The van der Waals surface area contributed by atoms with Gasteiger partial charge in [-0.2, -0.15) is 0 Å². The molecule has 6 nitrogen and oxygen atoms in total. The van der Waals surface area contributed by atoms with E-state index >= 15 is 0 Å². The van der Waals surface area contributed by atoms with Gasteiger partial charge in [-0.1, -0.05) is 0 Å². The van der Waals surface area contributed by atoms with Gasteiger partial charge in [0.2, 0.25) is 0 Å². The molecule has 1 aliphatic rings. The molecular weight excluding hydrogens is 266 g/mol. The molecule has 112 valence electrons. The third-order valence-electron chi connectivity index (χ3n) is 4.16. The van der Waals surface area contributed by atoms with Gasteiger partial charge < -0.3 is 14.5 Å². The Kier molecular flexibility index (Phi) is 3.77. The number of amides is 1. The highest BCUT2D eigenvalue weighted by Crippen LogP contribution is 2.33. The molecular formula is C15H21N5O. The molecule has 0 aromatic carbocycles. The van der Waals surface area contributed by atoms with E-state index in [1.807, 2.05) is 13.2 Å². The molecule has 0 saturated heterocycles. The molecule has 6 heteroatoms. The quantitative estimate of drug-likeness (QED) is 0.909. The number of hydrogen-bond donors (Lipinski definition) is 1. The van der Waals surface area contributed by atoms with Crippen LogP contribution >= 0.6 is 0 Å². The minimum Gasteiger partial charge on any atom is -0.349 e. The standard InChI is InChI=1S/C15H21N5O/c1-11-10-18-13(20(11)12-4-3-5-12)6-7-17-15(21)14-16-8-9-19(14)2/h8-10,12H,3-7H2,1-2H3,(H,17,21). The Bertz CT molecular complexity index is 638. The summed E-state index contributed by atoms with van der Waals surface area (Å²) in [6.07, 6.45) is 9.85. The number of imidazole rings is 2. The lowest BCUT2D eigenvalue weighted by atomic mass is 9.92. The fourth-order valence-electron chi connectivity index (χ4n) is 2.78. The lowest BCUT2D eigenvalue weighted by Gasteiger charge is -2.29.